The van der Waals surface area contributed by atoms with Gasteiger partial charge in [0.2, 0.25) is 0 Å². The molecule has 1 aromatic heterocycles. The Morgan fingerprint density at radius 3 is 2.29 bits per heavy atom. The fraction of sp³-hybridized carbons (Fsp3) is 0.125. The number of nitrogens with zero attached hydrogens (tertiary/aromatic N) is 1. The number of alkyl halides is 3. The molecular weight excluding hydrogens is 505 g/mol. The molecular formula is C24H17F4NO4S2. The molecule has 4 rings (SSSR count). The summed E-state index contributed by atoms with van der Waals surface area (Å²) in [5, 5.41) is 10.2. The van der Waals surface area contributed by atoms with Gasteiger partial charge in [0.1, 0.15) is 10.8 Å². The smallest absolute Gasteiger partial charge is 0.419 e. The highest BCUT2D eigenvalue weighted by Crippen LogP contribution is 2.41. The number of carboxylic acids is 1. The number of benzene rings is 3. The molecule has 0 saturated carbocycles. The van der Waals surface area contributed by atoms with Gasteiger partial charge in [-0.05, 0) is 65.9 Å². The quantitative estimate of drug-likeness (QED) is 0.295. The highest BCUT2D eigenvalue weighted by atomic mass is 32.2. The molecule has 0 radical (unpaired) electrons. The summed E-state index contributed by atoms with van der Waals surface area (Å²) in [6, 6.07) is 14.0. The second kappa shape index (κ2) is 8.97. The van der Waals surface area contributed by atoms with Gasteiger partial charge in [0.15, 0.2) is 0 Å². The monoisotopic (exact) mass is 522 g/mol. The predicted molar refractivity (Wildman–Crippen MR) is 125 cm³/mol. The van der Waals surface area contributed by atoms with Crippen LogP contribution in [0.5, 0.6) is 0 Å². The van der Waals surface area contributed by atoms with Crippen LogP contribution in [0.25, 0.3) is 10.1 Å². The Hall–Kier alpha value is -3.44. The maximum Gasteiger partial charge on any atom is 0.419 e. The fourth-order valence-corrected chi connectivity index (χ4v) is 6.55. The fourth-order valence-electron chi connectivity index (χ4n) is 3.62. The number of hydrogen-bond donors (Lipinski definition) is 1. The average molecular weight is 523 g/mol. The van der Waals surface area contributed by atoms with Gasteiger partial charge in [-0.1, -0.05) is 24.3 Å². The number of aromatic carboxylic acids is 1. The maximum absolute atomic E-state index is 13.8. The molecule has 1 N–H and O–H groups in total. The van der Waals surface area contributed by atoms with Crippen molar-refractivity contribution in [3.63, 3.8) is 0 Å². The summed E-state index contributed by atoms with van der Waals surface area (Å²) in [7, 11) is -4.35. The largest absolute Gasteiger partial charge is 0.478 e. The number of halogens is 4. The molecule has 0 aliphatic heterocycles. The Morgan fingerprint density at radius 2 is 1.69 bits per heavy atom. The van der Waals surface area contributed by atoms with Crippen LogP contribution in [0.2, 0.25) is 0 Å². The minimum Gasteiger partial charge on any atom is -0.478 e. The van der Waals surface area contributed by atoms with Crippen molar-refractivity contribution in [2.45, 2.75) is 24.5 Å². The Labute approximate surface area is 201 Å². The first-order chi connectivity index (χ1) is 16.4. The third kappa shape index (κ3) is 4.73. The van der Waals surface area contributed by atoms with Crippen LogP contribution in [0.1, 0.15) is 27.0 Å². The SMILES string of the molecule is Cc1c(N(Cc2ccc([18F])c(C(F)(F)F)c2)S(=O)(=O)c2ccc(C(=O)O)cc2)sc2ccccc12. The van der Waals surface area contributed by atoms with Gasteiger partial charge in [-0.15, -0.1) is 11.3 Å². The summed E-state index contributed by atoms with van der Waals surface area (Å²) in [6.07, 6.45) is -4.95. The number of fused-ring (bicyclic) bond motifs is 1. The zero-order chi connectivity index (χ0) is 25.5. The molecule has 0 bridgehead atoms. The molecule has 0 aliphatic rings. The van der Waals surface area contributed by atoms with Crippen LogP contribution in [0, 0.1) is 12.7 Å². The van der Waals surface area contributed by atoms with Crippen molar-refractivity contribution in [3.8, 4) is 0 Å². The summed E-state index contributed by atoms with van der Waals surface area (Å²) in [5.74, 6) is -2.70. The second-order valence-electron chi connectivity index (χ2n) is 7.68. The topological polar surface area (TPSA) is 74.7 Å². The number of sulfonamides is 1. The average Bonchev–Trinajstić information content (AvgIpc) is 3.13. The zero-order valence-corrected chi connectivity index (χ0v) is 19.6. The van der Waals surface area contributed by atoms with E-state index in [0.29, 0.717) is 17.7 Å². The van der Waals surface area contributed by atoms with Crippen molar-refractivity contribution >= 4 is 42.4 Å². The van der Waals surface area contributed by atoms with Gasteiger partial charge in [-0.2, -0.15) is 13.2 Å². The number of hydrogen-bond acceptors (Lipinski definition) is 4. The number of aryl methyl sites for hydroxylation is 1. The Morgan fingerprint density at radius 1 is 1.03 bits per heavy atom. The summed E-state index contributed by atoms with van der Waals surface area (Å²) >= 11 is 1.15. The first-order valence-electron chi connectivity index (χ1n) is 10.1. The van der Waals surface area contributed by atoms with E-state index in [-0.39, 0.29) is 21.0 Å². The Bertz CT molecular complexity index is 1530. The first-order valence-corrected chi connectivity index (χ1v) is 12.3. The maximum atomic E-state index is 13.8. The van der Waals surface area contributed by atoms with E-state index < -0.39 is 40.1 Å². The molecule has 4 aromatic rings. The van der Waals surface area contributed by atoms with Crippen LogP contribution in [0.3, 0.4) is 0 Å². The first kappa shape index (κ1) is 24.7. The van der Waals surface area contributed by atoms with Crippen LogP contribution in [-0.4, -0.2) is 19.5 Å². The minimum absolute atomic E-state index is 0.0682. The van der Waals surface area contributed by atoms with Gasteiger partial charge in [0, 0.05) is 4.70 Å². The van der Waals surface area contributed by atoms with Gasteiger partial charge in [0.05, 0.1) is 22.6 Å². The molecule has 0 spiro atoms. The van der Waals surface area contributed by atoms with Crippen LogP contribution in [0.15, 0.2) is 71.6 Å². The lowest BCUT2D eigenvalue weighted by Crippen LogP contribution is -2.30. The highest BCUT2D eigenvalue weighted by Gasteiger charge is 2.35. The lowest BCUT2D eigenvalue weighted by Gasteiger charge is -2.24. The van der Waals surface area contributed by atoms with E-state index in [4.69, 9.17) is 5.11 Å². The molecule has 0 unspecified atom stereocenters. The molecule has 0 saturated heterocycles. The summed E-state index contributed by atoms with van der Waals surface area (Å²) in [4.78, 5) is 10.9. The molecule has 182 valence electrons. The van der Waals surface area contributed by atoms with E-state index in [1.54, 1.807) is 31.2 Å². The Balaban J connectivity index is 1.87. The van der Waals surface area contributed by atoms with Gasteiger partial charge in [-0.3, -0.25) is 4.31 Å². The van der Waals surface area contributed by atoms with E-state index in [2.05, 4.69) is 0 Å². The molecule has 0 fully saturated rings. The number of thiophene rings is 1. The van der Waals surface area contributed by atoms with Gasteiger partial charge in [-0.25, -0.2) is 17.6 Å². The Kier molecular flexibility index (Phi) is 6.32. The van der Waals surface area contributed by atoms with Crippen molar-refractivity contribution < 1.29 is 35.9 Å². The molecule has 5 nitrogen and oxygen atoms in total. The van der Waals surface area contributed by atoms with Crippen molar-refractivity contribution in [1.82, 2.24) is 0 Å². The summed E-state index contributed by atoms with van der Waals surface area (Å²) in [5.41, 5.74) is -1.08. The number of rotatable bonds is 6. The predicted octanol–water partition coefficient (Wildman–Crippen LogP) is 6.46. The molecule has 11 heteroatoms. The molecule has 0 aliphatic carbocycles. The van der Waals surface area contributed by atoms with Crippen molar-refractivity contribution in [2.75, 3.05) is 4.31 Å². The van der Waals surface area contributed by atoms with Gasteiger partial charge >= 0.3 is 12.1 Å². The van der Waals surface area contributed by atoms with E-state index in [1.165, 1.54) is 0 Å². The number of carbonyl (C=O) groups is 1. The van der Waals surface area contributed by atoms with Crippen molar-refractivity contribution in [2.24, 2.45) is 0 Å². The highest BCUT2D eigenvalue weighted by molar-refractivity contribution is 7.93. The molecule has 0 atom stereocenters. The lowest BCUT2D eigenvalue weighted by atomic mass is 10.1. The van der Waals surface area contributed by atoms with Gasteiger partial charge in [0.25, 0.3) is 10.0 Å². The minimum atomic E-state index is -4.95. The summed E-state index contributed by atoms with van der Waals surface area (Å²) in [6.45, 7) is 1.20. The van der Waals surface area contributed by atoms with E-state index in [0.717, 1.165) is 56.1 Å². The summed E-state index contributed by atoms with van der Waals surface area (Å²) < 4.78 is 82.8. The molecule has 1 heterocycles. The normalized spacial score (nSPS) is 12.1. The third-order valence-electron chi connectivity index (χ3n) is 5.40. The standard InChI is InChI=1S/C24H17F4NO4S2/c1-14-18-4-2-3-5-21(18)34-22(14)29(13-15-6-11-20(25)19(12-15)24(26,27)28)35(32,33)17-9-7-16(8-10-17)23(30)31/h2-12H,13H2,1H3,(H,30,31)/i25-1. The van der Waals surface area contributed by atoms with Crippen LogP contribution < -0.4 is 4.31 Å². The van der Waals surface area contributed by atoms with E-state index >= 15 is 0 Å². The molecule has 35 heavy (non-hydrogen) atoms. The van der Waals surface area contributed by atoms with Crippen molar-refractivity contribution in [1.29, 1.82) is 0 Å². The number of carboxylic acid groups (broad SMARTS) is 1. The van der Waals surface area contributed by atoms with E-state index in [1.807, 2.05) is 0 Å². The number of anilines is 1. The molecule has 3 aromatic carbocycles. The second-order valence-corrected chi connectivity index (χ2v) is 10.6. The third-order valence-corrected chi connectivity index (χ3v) is 8.57. The van der Waals surface area contributed by atoms with Crippen LogP contribution in [0.4, 0.5) is 22.6 Å². The van der Waals surface area contributed by atoms with Crippen LogP contribution in [-0.2, 0) is 22.7 Å². The van der Waals surface area contributed by atoms with Crippen molar-refractivity contribution in [3.05, 3.63) is 94.8 Å². The zero-order valence-electron chi connectivity index (χ0n) is 18.0. The van der Waals surface area contributed by atoms with E-state index in [9.17, 15) is 30.8 Å². The van der Waals surface area contributed by atoms with Gasteiger partial charge < -0.3 is 5.11 Å². The lowest BCUT2D eigenvalue weighted by molar-refractivity contribution is -0.140. The molecule has 0 amide bonds. The van der Waals surface area contributed by atoms with Crippen LogP contribution >= 0.6 is 11.3 Å².